The maximum Gasteiger partial charge on any atom is 0.304 e. The average Bonchev–Trinajstić information content (AvgIpc) is 3.23. The fourth-order valence-corrected chi connectivity index (χ4v) is 5.28. The van der Waals surface area contributed by atoms with E-state index in [-0.39, 0.29) is 18.4 Å². The van der Waals surface area contributed by atoms with Crippen molar-refractivity contribution in [3.63, 3.8) is 0 Å². The lowest BCUT2D eigenvalue weighted by Crippen LogP contribution is -2.40. The van der Waals surface area contributed by atoms with E-state index >= 15 is 4.39 Å². The largest absolute Gasteiger partial charge is 0.491 e. The van der Waals surface area contributed by atoms with Crippen molar-refractivity contribution in [2.24, 2.45) is 0 Å². The lowest BCUT2D eigenvalue weighted by atomic mass is 9.93. The third-order valence-corrected chi connectivity index (χ3v) is 7.18. The molecule has 3 N–H and O–H groups in total. The number of hydrogen-bond acceptors (Lipinski definition) is 6. The van der Waals surface area contributed by atoms with Gasteiger partial charge in [0.15, 0.2) is 0 Å². The molecule has 3 aliphatic heterocycles. The van der Waals surface area contributed by atoms with Crippen LogP contribution >= 0.6 is 0 Å². The Morgan fingerprint density at radius 2 is 2.26 bits per heavy atom. The molecule has 0 bridgehead atoms. The lowest BCUT2D eigenvalue weighted by Gasteiger charge is -2.30. The summed E-state index contributed by atoms with van der Waals surface area (Å²) < 4.78 is 26.5. The molecule has 8 heteroatoms. The number of carbonyl (C=O) groups is 1. The smallest absolute Gasteiger partial charge is 0.304 e. The maximum absolute atomic E-state index is 15.7. The van der Waals surface area contributed by atoms with E-state index in [4.69, 9.17) is 9.47 Å². The number of nitrogens with one attached hydrogen (secondary N) is 2. The van der Waals surface area contributed by atoms with Crippen molar-refractivity contribution < 1.29 is 23.8 Å². The van der Waals surface area contributed by atoms with Gasteiger partial charge in [0.1, 0.15) is 23.8 Å². The number of carboxylic acids is 1. The van der Waals surface area contributed by atoms with Crippen molar-refractivity contribution in [1.29, 1.82) is 0 Å². The summed E-state index contributed by atoms with van der Waals surface area (Å²) in [6, 6.07) is 7.70. The molecule has 1 aromatic carbocycles. The topological polar surface area (TPSA) is 83.1 Å². The summed E-state index contributed by atoms with van der Waals surface area (Å²) in [6.45, 7) is 3.39. The highest BCUT2D eigenvalue weighted by Crippen LogP contribution is 2.34. The number of ether oxygens (including phenoxy) is 2. The van der Waals surface area contributed by atoms with Crippen LogP contribution in [0.1, 0.15) is 50.0 Å². The van der Waals surface area contributed by atoms with E-state index in [1.807, 2.05) is 24.3 Å². The summed E-state index contributed by atoms with van der Waals surface area (Å²) >= 11 is 0. The predicted octanol–water partition coefficient (Wildman–Crippen LogP) is 3.59. The van der Waals surface area contributed by atoms with Gasteiger partial charge in [-0.3, -0.25) is 9.69 Å². The number of benzene rings is 1. The second-order valence-corrected chi connectivity index (χ2v) is 9.92. The molecular formula is C27H38FN3O4. The molecule has 0 aliphatic carbocycles. The molecular weight excluding hydrogens is 449 g/mol. The van der Waals surface area contributed by atoms with Crippen LogP contribution in [0, 0.1) is 0 Å². The number of likely N-dealkylation sites (tertiary alicyclic amines) is 1. The Labute approximate surface area is 207 Å². The number of aliphatic carboxylic acids is 1. The third-order valence-electron chi connectivity index (χ3n) is 7.18. The predicted molar refractivity (Wildman–Crippen MR) is 133 cm³/mol. The molecule has 3 atom stereocenters. The first-order valence-corrected chi connectivity index (χ1v) is 12.7. The summed E-state index contributed by atoms with van der Waals surface area (Å²) in [5.41, 5.74) is 0.967. The number of dihydropyridines is 1. The van der Waals surface area contributed by atoms with Crippen molar-refractivity contribution in [3.05, 3.63) is 53.4 Å². The molecule has 4 rings (SSSR count). The standard InChI is InChI=1S/C27H38FN3O4/c1-34-14-15-35-24-6-2-4-21(16-24)22(17-25(32)33)18-31-13-11-27(28,19-31)10-9-23-8-7-20-5-3-12-29-26(20)30-23/h2,4,6-8,16,22-23,29-30H,3,5,9-15,17-19H2,1H3,(H,32,33). The second-order valence-electron chi connectivity index (χ2n) is 9.92. The molecule has 0 aromatic heterocycles. The van der Waals surface area contributed by atoms with Gasteiger partial charge in [0.05, 0.1) is 13.0 Å². The van der Waals surface area contributed by atoms with Crippen LogP contribution < -0.4 is 15.4 Å². The SMILES string of the molecule is COCCOc1cccc(C(CC(=O)O)CN2CCC(F)(CCC3C=CC4=C(NCCC4)N3)C2)c1. The molecule has 0 radical (unpaired) electrons. The molecule has 7 nitrogen and oxygen atoms in total. The van der Waals surface area contributed by atoms with Crippen LogP contribution in [0.15, 0.2) is 47.8 Å². The lowest BCUT2D eigenvalue weighted by molar-refractivity contribution is -0.137. The molecule has 1 fully saturated rings. The first kappa shape index (κ1) is 25.5. The molecule has 1 aromatic rings. The van der Waals surface area contributed by atoms with Crippen LogP contribution in [-0.4, -0.2) is 74.2 Å². The summed E-state index contributed by atoms with van der Waals surface area (Å²) in [4.78, 5) is 13.7. The van der Waals surface area contributed by atoms with Crippen molar-refractivity contribution >= 4 is 5.97 Å². The monoisotopic (exact) mass is 487 g/mol. The van der Waals surface area contributed by atoms with Gasteiger partial charge in [0, 0.05) is 45.2 Å². The summed E-state index contributed by atoms with van der Waals surface area (Å²) in [6.07, 6.45) is 8.27. The Bertz CT molecular complexity index is 937. The molecule has 0 spiro atoms. The van der Waals surface area contributed by atoms with Crippen LogP contribution in [-0.2, 0) is 9.53 Å². The molecule has 3 unspecified atom stereocenters. The van der Waals surface area contributed by atoms with Gasteiger partial charge in [-0.15, -0.1) is 0 Å². The fourth-order valence-electron chi connectivity index (χ4n) is 5.28. The Morgan fingerprint density at radius 3 is 3.09 bits per heavy atom. The van der Waals surface area contributed by atoms with Gasteiger partial charge in [-0.2, -0.15) is 0 Å². The van der Waals surface area contributed by atoms with E-state index in [0.717, 1.165) is 37.2 Å². The van der Waals surface area contributed by atoms with Gasteiger partial charge >= 0.3 is 5.97 Å². The molecule has 0 saturated carbocycles. The quantitative estimate of drug-likeness (QED) is 0.389. The number of allylic oxidation sites excluding steroid dienone is 2. The molecule has 192 valence electrons. The van der Waals surface area contributed by atoms with Crippen molar-refractivity contribution in [2.45, 2.75) is 56.2 Å². The second kappa shape index (κ2) is 11.9. The maximum atomic E-state index is 15.7. The van der Waals surface area contributed by atoms with E-state index in [1.54, 1.807) is 7.11 Å². The zero-order chi connectivity index (χ0) is 24.7. The molecule has 3 aliphatic rings. The first-order chi connectivity index (χ1) is 16.9. The van der Waals surface area contributed by atoms with Crippen LogP contribution in [0.2, 0.25) is 0 Å². The number of alkyl halides is 1. The van der Waals surface area contributed by atoms with Crippen LogP contribution in [0.3, 0.4) is 0 Å². The minimum atomic E-state index is -1.25. The Kier molecular flexibility index (Phi) is 8.68. The highest BCUT2D eigenvalue weighted by atomic mass is 19.1. The number of methoxy groups -OCH3 is 1. The number of rotatable bonds is 12. The van der Waals surface area contributed by atoms with Crippen molar-refractivity contribution in [2.75, 3.05) is 46.5 Å². The Hall–Kier alpha value is -2.58. The fraction of sp³-hybridized carbons (Fsp3) is 0.593. The van der Waals surface area contributed by atoms with Gasteiger partial charge in [0.2, 0.25) is 0 Å². The number of nitrogens with zero attached hydrogens (tertiary/aromatic N) is 1. The summed E-state index contributed by atoms with van der Waals surface area (Å²) in [5, 5.41) is 16.5. The van der Waals surface area contributed by atoms with Gasteiger partial charge in [-0.25, -0.2) is 4.39 Å². The molecule has 3 heterocycles. The highest BCUT2D eigenvalue weighted by molar-refractivity contribution is 5.68. The first-order valence-electron chi connectivity index (χ1n) is 12.7. The van der Waals surface area contributed by atoms with Crippen LogP contribution in [0.4, 0.5) is 4.39 Å². The van der Waals surface area contributed by atoms with E-state index in [1.165, 1.54) is 5.57 Å². The summed E-state index contributed by atoms with van der Waals surface area (Å²) in [5.74, 6) is 0.711. The van der Waals surface area contributed by atoms with Crippen LogP contribution in [0.5, 0.6) is 5.75 Å². The van der Waals surface area contributed by atoms with Crippen LogP contribution in [0.25, 0.3) is 0 Å². The minimum Gasteiger partial charge on any atom is -0.491 e. The average molecular weight is 488 g/mol. The zero-order valence-corrected chi connectivity index (χ0v) is 20.6. The van der Waals surface area contributed by atoms with Crippen molar-refractivity contribution in [1.82, 2.24) is 15.5 Å². The summed E-state index contributed by atoms with van der Waals surface area (Å²) in [7, 11) is 1.62. The van der Waals surface area contributed by atoms with Gasteiger partial charge in [-0.1, -0.05) is 24.3 Å². The third kappa shape index (κ3) is 7.21. The Morgan fingerprint density at radius 1 is 1.37 bits per heavy atom. The molecule has 35 heavy (non-hydrogen) atoms. The van der Waals surface area contributed by atoms with E-state index in [0.29, 0.717) is 51.4 Å². The minimum absolute atomic E-state index is 0.00144. The molecule has 0 amide bonds. The van der Waals surface area contributed by atoms with E-state index < -0.39 is 11.6 Å². The Balaban J connectivity index is 1.31. The number of carboxylic acid groups (broad SMARTS) is 1. The van der Waals surface area contributed by atoms with E-state index in [2.05, 4.69) is 27.7 Å². The van der Waals surface area contributed by atoms with Crippen molar-refractivity contribution in [3.8, 4) is 5.75 Å². The normalized spacial score (nSPS) is 25.0. The van der Waals surface area contributed by atoms with Gasteiger partial charge in [0.25, 0.3) is 0 Å². The van der Waals surface area contributed by atoms with Gasteiger partial charge < -0.3 is 25.2 Å². The zero-order valence-electron chi connectivity index (χ0n) is 20.6. The molecule has 1 saturated heterocycles. The number of halogens is 1. The highest BCUT2D eigenvalue weighted by Gasteiger charge is 2.39. The number of hydrogen-bond donors (Lipinski definition) is 3. The van der Waals surface area contributed by atoms with Gasteiger partial charge in [-0.05, 0) is 55.4 Å². The van der Waals surface area contributed by atoms with E-state index in [9.17, 15) is 9.90 Å².